The van der Waals surface area contributed by atoms with Gasteiger partial charge in [0.15, 0.2) is 11.5 Å². The number of rotatable bonds is 10. The third-order valence-electron chi connectivity index (χ3n) is 3.86. The van der Waals surface area contributed by atoms with Crippen LogP contribution in [-0.4, -0.2) is 13.7 Å². The van der Waals surface area contributed by atoms with Crippen LogP contribution in [0.2, 0.25) is 0 Å². The average molecular weight is 331 g/mol. The zero-order chi connectivity index (χ0) is 17.2. The predicted octanol–water partition coefficient (Wildman–Crippen LogP) is 4.69. The maximum absolute atomic E-state index is 13.6. The van der Waals surface area contributed by atoms with Crippen LogP contribution in [0.5, 0.6) is 11.5 Å². The van der Waals surface area contributed by atoms with Gasteiger partial charge in [-0.05, 0) is 36.7 Å². The molecule has 0 unspecified atom stereocenters. The molecule has 0 saturated heterocycles. The van der Waals surface area contributed by atoms with Crippen molar-refractivity contribution in [1.29, 1.82) is 0 Å². The number of methoxy groups -OCH3 is 1. The Morgan fingerprint density at radius 2 is 1.88 bits per heavy atom. The number of hydrogen-bond donors (Lipinski definition) is 1. The largest absolute Gasteiger partial charge is 0.493 e. The van der Waals surface area contributed by atoms with E-state index in [9.17, 15) is 4.39 Å². The molecule has 2 aromatic rings. The van der Waals surface area contributed by atoms with E-state index in [0.29, 0.717) is 17.1 Å². The fourth-order valence-corrected chi connectivity index (χ4v) is 2.44. The lowest BCUT2D eigenvalue weighted by atomic mass is 10.2. The summed E-state index contributed by atoms with van der Waals surface area (Å²) in [5.41, 5.74) is 1.67. The molecule has 0 heterocycles. The minimum Gasteiger partial charge on any atom is -0.493 e. The van der Waals surface area contributed by atoms with Gasteiger partial charge in [0.05, 0.1) is 7.11 Å². The highest BCUT2D eigenvalue weighted by Crippen LogP contribution is 2.29. The van der Waals surface area contributed by atoms with E-state index in [1.165, 1.54) is 25.3 Å². The SMILES string of the molecule is CCCCCNCc1ccc(OCc2ccccc2F)c(OC)c1. The maximum atomic E-state index is 13.6. The fourth-order valence-electron chi connectivity index (χ4n) is 2.44. The van der Waals surface area contributed by atoms with E-state index in [1.807, 2.05) is 18.2 Å². The van der Waals surface area contributed by atoms with E-state index in [-0.39, 0.29) is 12.4 Å². The van der Waals surface area contributed by atoms with Crippen LogP contribution in [0.15, 0.2) is 42.5 Å². The first kappa shape index (κ1) is 18.3. The molecule has 4 heteroatoms. The summed E-state index contributed by atoms with van der Waals surface area (Å²) in [6.07, 6.45) is 3.67. The molecule has 0 fully saturated rings. The molecule has 0 aromatic heterocycles. The van der Waals surface area contributed by atoms with Crippen LogP contribution in [0.4, 0.5) is 4.39 Å². The lowest BCUT2D eigenvalue weighted by Crippen LogP contribution is -2.14. The monoisotopic (exact) mass is 331 g/mol. The van der Waals surface area contributed by atoms with Crippen LogP contribution in [0, 0.1) is 5.82 Å². The van der Waals surface area contributed by atoms with Gasteiger partial charge in [-0.15, -0.1) is 0 Å². The molecule has 0 aliphatic heterocycles. The van der Waals surface area contributed by atoms with Gasteiger partial charge in [-0.25, -0.2) is 4.39 Å². The van der Waals surface area contributed by atoms with Crippen LogP contribution in [0.3, 0.4) is 0 Å². The van der Waals surface area contributed by atoms with Gasteiger partial charge in [0.2, 0.25) is 0 Å². The second-order valence-electron chi connectivity index (χ2n) is 5.75. The Hall–Kier alpha value is -2.07. The van der Waals surface area contributed by atoms with E-state index >= 15 is 0 Å². The molecule has 130 valence electrons. The molecule has 0 amide bonds. The Balaban J connectivity index is 1.92. The molecule has 0 aliphatic rings. The topological polar surface area (TPSA) is 30.5 Å². The van der Waals surface area contributed by atoms with E-state index in [2.05, 4.69) is 12.2 Å². The fraction of sp³-hybridized carbons (Fsp3) is 0.400. The second-order valence-corrected chi connectivity index (χ2v) is 5.75. The van der Waals surface area contributed by atoms with Gasteiger partial charge in [-0.2, -0.15) is 0 Å². The minimum absolute atomic E-state index is 0.178. The van der Waals surface area contributed by atoms with Crippen molar-refractivity contribution in [3.05, 3.63) is 59.4 Å². The number of benzene rings is 2. The highest BCUT2D eigenvalue weighted by Gasteiger charge is 2.08. The number of nitrogens with one attached hydrogen (secondary N) is 1. The summed E-state index contributed by atoms with van der Waals surface area (Å²) in [5.74, 6) is 1.03. The van der Waals surface area contributed by atoms with Gasteiger partial charge < -0.3 is 14.8 Å². The molecule has 1 N–H and O–H groups in total. The van der Waals surface area contributed by atoms with Crippen LogP contribution in [0.1, 0.15) is 37.3 Å². The van der Waals surface area contributed by atoms with E-state index in [4.69, 9.17) is 9.47 Å². The van der Waals surface area contributed by atoms with Crippen LogP contribution in [-0.2, 0) is 13.2 Å². The van der Waals surface area contributed by atoms with Crippen molar-refractivity contribution in [2.45, 2.75) is 39.3 Å². The first-order valence-electron chi connectivity index (χ1n) is 8.48. The maximum Gasteiger partial charge on any atom is 0.161 e. The Labute approximate surface area is 143 Å². The molecular weight excluding hydrogens is 305 g/mol. The molecule has 0 spiro atoms. The highest BCUT2D eigenvalue weighted by molar-refractivity contribution is 5.43. The predicted molar refractivity (Wildman–Crippen MR) is 95.0 cm³/mol. The van der Waals surface area contributed by atoms with Gasteiger partial charge in [-0.3, -0.25) is 0 Å². The second kappa shape index (κ2) is 9.93. The molecule has 24 heavy (non-hydrogen) atoms. The van der Waals surface area contributed by atoms with Gasteiger partial charge >= 0.3 is 0 Å². The van der Waals surface area contributed by atoms with Gasteiger partial charge in [0.25, 0.3) is 0 Å². The van der Waals surface area contributed by atoms with Crippen molar-refractivity contribution >= 4 is 0 Å². The van der Waals surface area contributed by atoms with Crippen molar-refractivity contribution < 1.29 is 13.9 Å². The van der Waals surface area contributed by atoms with Crippen molar-refractivity contribution in [3.8, 4) is 11.5 Å². The number of hydrogen-bond acceptors (Lipinski definition) is 3. The Kier molecular flexibility index (Phi) is 7.56. The summed E-state index contributed by atoms with van der Waals surface area (Å²) < 4.78 is 24.8. The van der Waals surface area contributed by atoms with Crippen LogP contribution in [0.25, 0.3) is 0 Å². The Bertz CT molecular complexity index is 631. The summed E-state index contributed by atoms with van der Waals surface area (Å²) in [5, 5.41) is 3.43. The normalized spacial score (nSPS) is 10.6. The average Bonchev–Trinajstić information content (AvgIpc) is 2.61. The zero-order valence-corrected chi connectivity index (χ0v) is 14.5. The summed E-state index contributed by atoms with van der Waals surface area (Å²) in [7, 11) is 1.61. The molecular formula is C20H26FNO2. The van der Waals surface area contributed by atoms with Crippen LogP contribution >= 0.6 is 0 Å². The van der Waals surface area contributed by atoms with Crippen LogP contribution < -0.4 is 14.8 Å². The third kappa shape index (κ3) is 5.53. The third-order valence-corrected chi connectivity index (χ3v) is 3.86. The molecule has 2 aromatic carbocycles. The number of halogens is 1. The Morgan fingerprint density at radius 3 is 2.62 bits per heavy atom. The quantitative estimate of drug-likeness (QED) is 0.641. The van der Waals surface area contributed by atoms with E-state index < -0.39 is 0 Å². The minimum atomic E-state index is -0.260. The van der Waals surface area contributed by atoms with E-state index in [1.54, 1.807) is 25.3 Å². The summed E-state index contributed by atoms with van der Waals surface area (Å²) in [4.78, 5) is 0. The van der Waals surface area contributed by atoms with Crippen molar-refractivity contribution in [1.82, 2.24) is 5.32 Å². The molecule has 0 saturated carbocycles. The first-order valence-corrected chi connectivity index (χ1v) is 8.48. The lowest BCUT2D eigenvalue weighted by Gasteiger charge is -2.13. The highest BCUT2D eigenvalue weighted by atomic mass is 19.1. The number of ether oxygens (including phenoxy) is 2. The summed E-state index contributed by atoms with van der Waals surface area (Å²) >= 11 is 0. The summed E-state index contributed by atoms with van der Waals surface area (Å²) in [6.45, 7) is 4.19. The zero-order valence-electron chi connectivity index (χ0n) is 14.5. The van der Waals surface area contributed by atoms with Gasteiger partial charge in [0.1, 0.15) is 12.4 Å². The van der Waals surface area contributed by atoms with Gasteiger partial charge in [-0.1, -0.05) is 44.0 Å². The smallest absolute Gasteiger partial charge is 0.161 e. The number of unbranched alkanes of at least 4 members (excludes halogenated alkanes) is 2. The molecule has 3 nitrogen and oxygen atoms in total. The van der Waals surface area contributed by atoms with Gasteiger partial charge in [0, 0.05) is 12.1 Å². The molecule has 0 bridgehead atoms. The van der Waals surface area contributed by atoms with Crippen molar-refractivity contribution in [2.24, 2.45) is 0 Å². The standard InChI is InChI=1S/C20H26FNO2/c1-3-4-7-12-22-14-16-10-11-19(20(13-16)23-2)24-15-17-8-5-6-9-18(17)21/h5-6,8-11,13,22H,3-4,7,12,14-15H2,1-2H3. The lowest BCUT2D eigenvalue weighted by molar-refractivity contribution is 0.279. The molecule has 0 atom stereocenters. The molecule has 0 aliphatic carbocycles. The van der Waals surface area contributed by atoms with Crippen molar-refractivity contribution in [2.75, 3.05) is 13.7 Å². The summed E-state index contributed by atoms with van der Waals surface area (Å²) in [6, 6.07) is 12.5. The molecule has 2 rings (SSSR count). The van der Waals surface area contributed by atoms with Crippen molar-refractivity contribution in [3.63, 3.8) is 0 Å². The Morgan fingerprint density at radius 1 is 1.04 bits per heavy atom. The first-order chi connectivity index (χ1) is 11.7. The van der Waals surface area contributed by atoms with E-state index in [0.717, 1.165) is 18.7 Å². The molecule has 0 radical (unpaired) electrons.